The SMILES string of the molecule is O=C1C2C3c4ccccc4C(/C=N/Nc4nc5ccccc5s4)(c4ccccc43)C2C(=O)N1c1ccc(Cl)cc1[N+](=O)[O-]. The number of anilines is 2. The van der Waals surface area contributed by atoms with Crippen LogP contribution in [0.4, 0.5) is 16.5 Å². The number of carbonyl (C=O) groups is 2. The summed E-state index contributed by atoms with van der Waals surface area (Å²) >= 11 is 7.53. The van der Waals surface area contributed by atoms with Crippen LogP contribution in [-0.2, 0) is 15.0 Å². The lowest BCUT2D eigenvalue weighted by Gasteiger charge is -2.52. The topological polar surface area (TPSA) is 118 Å². The quantitative estimate of drug-likeness (QED) is 0.106. The minimum Gasteiger partial charge on any atom is -0.274 e. The minimum atomic E-state index is -1.13. The number of amides is 2. The molecule has 11 heteroatoms. The van der Waals surface area contributed by atoms with Crippen LogP contribution in [0, 0.1) is 22.0 Å². The third kappa shape index (κ3) is 3.50. The van der Waals surface area contributed by atoms with Crippen LogP contribution in [0.1, 0.15) is 28.2 Å². The van der Waals surface area contributed by atoms with Crippen molar-refractivity contribution < 1.29 is 14.5 Å². The number of carbonyl (C=O) groups excluding carboxylic acids is 2. The number of nitro groups is 1. The molecule has 0 radical (unpaired) electrons. The highest BCUT2D eigenvalue weighted by Gasteiger charge is 2.68. The van der Waals surface area contributed by atoms with Gasteiger partial charge in [0.1, 0.15) is 5.69 Å². The molecule has 2 bridgehead atoms. The lowest BCUT2D eigenvalue weighted by atomic mass is 9.47. The number of thiazole rings is 1. The van der Waals surface area contributed by atoms with E-state index in [0.717, 1.165) is 43.4 Å². The van der Waals surface area contributed by atoms with E-state index in [0.29, 0.717) is 5.13 Å². The second-order valence-electron chi connectivity index (χ2n) is 10.8. The number of benzene rings is 4. The van der Waals surface area contributed by atoms with E-state index in [1.54, 1.807) is 6.21 Å². The molecule has 2 unspecified atom stereocenters. The molecule has 5 aromatic rings. The number of hydrogen-bond donors (Lipinski definition) is 1. The molecule has 1 N–H and O–H groups in total. The van der Waals surface area contributed by atoms with Crippen LogP contribution < -0.4 is 10.3 Å². The van der Waals surface area contributed by atoms with E-state index in [2.05, 4.69) is 15.5 Å². The second kappa shape index (κ2) is 9.29. The zero-order valence-electron chi connectivity index (χ0n) is 22.2. The van der Waals surface area contributed by atoms with Gasteiger partial charge in [0, 0.05) is 23.2 Å². The van der Waals surface area contributed by atoms with Gasteiger partial charge in [-0.15, -0.1) is 0 Å². The first kappa shape index (κ1) is 25.8. The van der Waals surface area contributed by atoms with Crippen LogP contribution in [0.15, 0.2) is 96.1 Å². The van der Waals surface area contributed by atoms with E-state index in [1.165, 1.54) is 23.5 Å². The van der Waals surface area contributed by atoms with Crippen molar-refractivity contribution in [1.82, 2.24) is 4.98 Å². The highest BCUT2D eigenvalue weighted by molar-refractivity contribution is 7.22. The molecule has 2 atom stereocenters. The number of nitrogens with zero attached hydrogens (tertiary/aromatic N) is 4. The molecule has 0 spiro atoms. The minimum absolute atomic E-state index is 0.0917. The van der Waals surface area contributed by atoms with Crippen molar-refractivity contribution in [2.45, 2.75) is 11.3 Å². The van der Waals surface area contributed by atoms with Gasteiger partial charge in [-0.05, 0) is 46.5 Å². The van der Waals surface area contributed by atoms with Crippen molar-refractivity contribution in [2.75, 3.05) is 10.3 Å². The number of rotatable bonds is 5. The van der Waals surface area contributed by atoms with E-state index >= 15 is 0 Å². The Morgan fingerprint density at radius 1 is 0.953 bits per heavy atom. The average molecular weight is 606 g/mol. The number of nitrogens with one attached hydrogen (secondary N) is 1. The van der Waals surface area contributed by atoms with Gasteiger partial charge in [-0.2, -0.15) is 5.10 Å². The van der Waals surface area contributed by atoms with Crippen LogP contribution in [0.2, 0.25) is 5.02 Å². The second-order valence-corrected chi connectivity index (χ2v) is 12.3. The van der Waals surface area contributed by atoms with Crippen LogP contribution >= 0.6 is 22.9 Å². The summed E-state index contributed by atoms with van der Waals surface area (Å²) in [6, 6.07) is 27.3. The molecular weight excluding hydrogens is 586 g/mol. The first-order valence-corrected chi connectivity index (χ1v) is 14.8. The summed E-state index contributed by atoms with van der Waals surface area (Å²) in [6.07, 6.45) is 1.72. The Morgan fingerprint density at radius 3 is 2.33 bits per heavy atom. The number of aromatic nitrogens is 1. The maximum absolute atomic E-state index is 14.5. The van der Waals surface area contributed by atoms with Crippen molar-refractivity contribution >= 4 is 67.7 Å². The molecule has 4 aliphatic rings. The zero-order valence-corrected chi connectivity index (χ0v) is 23.8. The van der Waals surface area contributed by atoms with E-state index < -0.39 is 45.6 Å². The lowest BCUT2D eigenvalue weighted by Crippen LogP contribution is -2.54. The molecule has 1 aromatic heterocycles. The standard InChI is InChI=1S/C32H20ClN5O4S/c33-17-13-14-23(24(15-17)38(41)42)37-29(39)27-26-18-7-1-3-9-20(18)32(28(27)30(37)40,21-10-4-2-8-19(21)26)16-34-36-31-35-22-11-5-6-12-25(22)43-31/h1-16,26-28H,(H,35,36)/b34-16+. The molecular formula is C32H20ClN5O4S. The Morgan fingerprint density at radius 2 is 1.63 bits per heavy atom. The number of imide groups is 1. The molecule has 2 heterocycles. The average Bonchev–Trinajstić information content (AvgIpc) is 3.55. The molecule has 0 saturated carbocycles. The van der Waals surface area contributed by atoms with Crippen LogP contribution in [0.25, 0.3) is 10.2 Å². The molecule has 3 aliphatic carbocycles. The first-order valence-electron chi connectivity index (χ1n) is 13.6. The molecule has 210 valence electrons. The third-order valence-corrected chi connectivity index (χ3v) is 9.96. The molecule has 2 amide bonds. The summed E-state index contributed by atoms with van der Waals surface area (Å²) in [5.74, 6) is -3.07. The molecule has 9 rings (SSSR count). The predicted octanol–water partition coefficient (Wildman–Crippen LogP) is 6.51. The van der Waals surface area contributed by atoms with Crippen molar-refractivity contribution in [3.05, 3.63) is 128 Å². The predicted molar refractivity (Wildman–Crippen MR) is 165 cm³/mol. The summed E-state index contributed by atoms with van der Waals surface area (Å²) in [7, 11) is 0. The summed E-state index contributed by atoms with van der Waals surface area (Å²) in [5, 5.41) is 17.4. The highest BCUT2D eigenvalue weighted by atomic mass is 35.5. The Labute approximate surface area is 253 Å². The molecule has 4 aromatic carbocycles. The van der Waals surface area contributed by atoms with Gasteiger partial charge in [0.15, 0.2) is 0 Å². The van der Waals surface area contributed by atoms with Crippen molar-refractivity contribution in [3.63, 3.8) is 0 Å². The van der Waals surface area contributed by atoms with Crippen LogP contribution in [-0.4, -0.2) is 27.9 Å². The molecule has 1 aliphatic heterocycles. The van der Waals surface area contributed by atoms with Crippen molar-refractivity contribution in [2.24, 2.45) is 16.9 Å². The fourth-order valence-electron chi connectivity index (χ4n) is 7.23. The third-order valence-electron chi connectivity index (χ3n) is 8.78. The number of hydrazone groups is 1. The maximum Gasteiger partial charge on any atom is 0.294 e. The van der Waals surface area contributed by atoms with Gasteiger partial charge in [-0.25, -0.2) is 9.88 Å². The molecule has 9 nitrogen and oxygen atoms in total. The van der Waals surface area contributed by atoms with Crippen LogP contribution in [0.3, 0.4) is 0 Å². The molecule has 43 heavy (non-hydrogen) atoms. The number of fused-ring (bicyclic) bond motifs is 1. The molecule has 1 fully saturated rings. The molecule has 1 saturated heterocycles. The van der Waals surface area contributed by atoms with Gasteiger partial charge in [0.05, 0.1) is 32.4 Å². The monoisotopic (exact) mass is 605 g/mol. The van der Waals surface area contributed by atoms with Crippen LogP contribution in [0.5, 0.6) is 0 Å². The normalized spacial score (nSPS) is 23.5. The Hall–Kier alpha value is -4.93. The maximum atomic E-state index is 14.5. The van der Waals surface area contributed by atoms with Gasteiger partial charge in [0.2, 0.25) is 16.9 Å². The summed E-state index contributed by atoms with van der Waals surface area (Å²) in [5.41, 5.74) is 5.90. The van der Waals surface area contributed by atoms with Gasteiger partial charge in [-0.1, -0.05) is 83.6 Å². The number of nitro benzene ring substituents is 1. The Kier molecular flexibility index (Phi) is 5.56. The highest BCUT2D eigenvalue weighted by Crippen LogP contribution is 2.64. The van der Waals surface area contributed by atoms with E-state index in [9.17, 15) is 19.7 Å². The smallest absolute Gasteiger partial charge is 0.274 e. The van der Waals surface area contributed by atoms with Gasteiger partial charge in [0.25, 0.3) is 5.69 Å². The van der Waals surface area contributed by atoms with Gasteiger partial charge < -0.3 is 0 Å². The summed E-state index contributed by atoms with van der Waals surface area (Å²) in [6.45, 7) is 0. The zero-order chi connectivity index (χ0) is 29.5. The largest absolute Gasteiger partial charge is 0.294 e. The fraction of sp³-hybridized carbons (Fsp3) is 0.125. The summed E-state index contributed by atoms with van der Waals surface area (Å²) < 4.78 is 1.00. The first-order chi connectivity index (χ1) is 20.9. The van der Waals surface area contributed by atoms with Crippen molar-refractivity contribution in [3.8, 4) is 0 Å². The summed E-state index contributed by atoms with van der Waals surface area (Å²) in [4.78, 5) is 45.9. The Bertz CT molecular complexity index is 1980. The van der Waals surface area contributed by atoms with Crippen molar-refractivity contribution in [1.29, 1.82) is 0 Å². The van der Waals surface area contributed by atoms with E-state index in [4.69, 9.17) is 11.6 Å². The Balaban J connectivity index is 1.32. The number of para-hydroxylation sites is 1. The lowest BCUT2D eigenvalue weighted by molar-refractivity contribution is -0.384. The van der Waals surface area contributed by atoms with Gasteiger partial charge in [-0.3, -0.25) is 25.1 Å². The number of halogens is 1. The van der Waals surface area contributed by atoms with E-state index in [1.807, 2.05) is 72.8 Å². The number of hydrogen-bond acceptors (Lipinski definition) is 8. The van der Waals surface area contributed by atoms with E-state index in [-0.39, 0.29) is 10.7 Å². The fourth-order valence-corrected chi connectivity index (χ4v) is 8.21. The van der Waals surface area contributed by atoms with Gasteiger partial charge >= 0.3 is 0 Å².